The highest BCUT2D eigenvalue weighted by atomic mass is 16.5. The van der Waals surface area contributed by atoms with Crippen LogP contribution in [-0.2, 0) is 0 Å². The Labute approximate surface area is 135 Å². The van der Waals surface area contributed by atoms with E-state index < -0.39 is 0 Å². The first-order valence-corrected chi connectivity index (χ1v) is 7.55. The molecule has 0 spiro atoms. The minimum atomic E-state index is -0.179. The molecule has 0 saturated carbocycles. The molecule has 0 unspecified atom stereocenters. The van der Waals surface area contributed by atoms with Crippen LogP contribution in [0.5, 0.6) is 5.75 Å². The largest absolute Gasteiger partial charge is 0.494 e. The third-order valence-electron chi connectivity index (χ3n) is 3.16. The average molecular weight is 312 g/mol. The zero-order valence-electron chi connectivity index (χ0n) is 13.0. The number of nitrogens with one attached hydrogen (secondary N) is 2. The fraction of sp³-hybridized carbons (Fsp3) is 0.222. The minimum absolute atomic E-state index is 0.152. The smallest absolute Gasteiger partial charge is 0.251 e. The number of rotatable bonds is 7. The maximum absolute atomic E-state index is 12.0. The van der Waals surface area contributed by atoms with Gasteiger partial charge in [-0.2, -0.15) is 0 Å². The predicted molar refractivity (Wildman–Crippen MR) is 88.7 cm³/mol. The molecule has 2 aromatic carbocycles. The number of ether oxygens (including phenoxy) is 1. The summed E-state index contributed by atoms with van der Waals surface area (Å²) in [5.74, 6) is 0.405. The second-order valence-corrected chi connectivity index (χ2v) is 4.84. The summed E-state index contributed by atoms with van der Waals surface area (Å²) in [5.41, 5.74) is 1.16. The second kappa shape index (κ2) is 8.58. The van der Waals surface area contributed by atoms with E-state index in [2.05, 4.69) is 10.6 Å². The van der Waals surface area contributed by atoms with Gasteiger partial charge in [-0.25, -0.2) is 0 Å². The van der Waals surface area contributed by atoms with Gasteiger partial charge in [0.1, 0.15) is 5.75 Å². The minimum Gasteiger partial charge on any atom is -0.494 e. The van der Waals surface area contributed by atoms with Crippen molar-refractivity contribution >= 4 is 11.8 Å². The van der Waals surface area contributed by atoms with Gasteiger partial charge >= 0.3 is 0 Å². The molecule has 0 fully saturated rings. The molecule has 2 aromatic rings. The van der Waals surface area contributed by atoms with Gasteiger partial charge in [-0.15, -0.1) is 0 Å². The molecule has 0 aliphatic carbocycles. The van der Waals surface area contributed by atoms with Crippen LogP contribution in [0, 0.1) is 0 Å². The first-order valence-electron chi connectivity index (χ1n) is 7.55. The van der Waals surface area contributed by atoms with E-state index in [1.807, 2.05) is 25.1 Å². The fourth-order valence-electron chi connectivity index (χ4n) is 2.01. The van der Waals surface area contributed by atoms with Gasteiger partial charge in [-0.05, 0) is 43.3 Å². The molecule has 0 saturated heterocycles. The average Bonchev–Trinajstić information content (AvgIpc) is 2.60. The predicted octanol–water partition coefficient (Wildman–Crippen LogP) is 2.25. The molecule has 0 aliphatic rings. The van der Waals surface area contributed by atoms with Gasteiger partial charge in [0.2, 0.25) is 0 Å². The Bertz CT molecular complexity index is 639. The van der Waals surface area contributed by atoms with Crippen molar-refractivity contribution in [3.05, 3.63) is 65.7 Å². The van der Waals surface area contributed by atoms with Crippen molar-refractivity contribution in [3.63, 3.8) is 0 Å². The van der Waals surface area contributed by atoms with E-state index in [4.69, 9.17) is 4.74 Å². The Hall–Kier alpha value is -2.82. The first-order chi connectivity index (χ1) is 11.2. The second-order valence-electron chi connectivity index (χ2n) is 4.84. The van der Waals surface area contributed by atoms with E-state index in [1.54, 1.807) is 36.4 Å². The molecular weight excluding hydrogens is 292 g/mol. The summed E-state index contributed by atoms with van der Waals surface area (Å²) < 4.78 is 5.33. The highest BCUT2D eigenvalue weighted by Gasteiger charge is 2.06. The van der Waals surface area contributed by atoms with Crippen molar-refractivity contribution in [3.8, 4) is 5.75 Å². The molecule has 5 heteroatoms. The number of carbonyl (C=O) groups is 2. The summed E-state index contributed by atoms with van der Waals surface area (Å²) in [6.45, 7) is 3.23. The van der Waals surface area contributed by atoms with Gasteiger partial charge < -0.3 is 15.4 Å². The molecule has 0 aliphatic heterocycles. The lowest BCUT2D eigenvalue weighted by atomic mass is 10.2. The van der Waals surface area contributed by atoms with Crippen LogP contribution in [0.3, 0.4) is 0 Å². The van der Waals surface area contributed by atoms with Crippen LogP contribution < -0.4 is 15.4 Å². The summed E-state index contributed by atoms with van der Waals surface area (Å²) in [4.78, 5) is 23.8. The third kappa shape index (κ3) is 5.14. The van der Waals surface area contributed by atoms with Crippen LogP contribution >= 0.6 is 0 Å². The number of hydrogen-bond acceptors (Lipinski definition) is 3. The van der Waals surface area contributed by atoms with Gasteiger partial charge in [0.25, 0.3) is 11.8 Å². The monoisotopic (exact) mass is 312 g/mol. The summed E-state index contributed by atoms with van der Waals surface area (Å²) in [5, 5.41) is 5.52. The van der Waals surface area contributed by atoms with Crippen molar-refractivity contribution in [1.82, 2.24) is 10.6 Å². The Kier molecular flexibility index (Phi) is 6.17. The van der Waals surface area contributed by atoms with Gasteiger partial charge in [-0.1, -0.05) is 18.2 Å². The van der Waals surface area contributed by atoms with Gasteiger partial charge in [0.05, 0.1) is 6.61 Å². The molecule has 0 heterocycles. The summed E-state index contributed by atoms with van der Waals surface area (Å²) in [7, 11) is 0. The first kappa shape index (κ1) is 16.5. The summed E-state index contributed by atoms with van der Waals surface area (Å²) in [6.07, 6.45) is 0. The normalized spacial score (nSPS) is 9.96. The van der Waals surface area contributed by atoms with E-state index in [0.717, 1.165) is 5.75 Å². The standard InChI is InChI=1S/C18H20N2O3/c1-2-23-16-10-8-15(9-11-16)18(22)20-13-12-19-17(21)14-6-4-3-5-7-14/h3-11H,2,12-13H2,1H3,(H,19,21)(H,20,22). The lowest BCUT2D eigenvalue weighted by Gasteiger charge is -2.08. The fourth-order valence-corrected chi connectivity index (χ4v) is 2.01. The molecule has 5 nitrogen and oxygen atoms in total. The van der Waals surface area contributed by atoms with Crippen molar-refractivity contribution in [2.75, 3.05) is 19.7 Å². The third-order valence-corrected chi connectivity index (χ3v) is 3.16. The Morgan fingerprint density at radius 2 is 1.35 bits per heavy atom. The quantitative estimate of drug-likeness (QED) is 0.771. The van der Waals surface area contributed by atoms with E-state index in [9.17, 15) is 9.59 Å². The van der Waals surface area contributed by atoms with Crippen LogP contribution in [-0.4, -0.2) is 31.5 Å². The van der Waals surface area contributed by atoms with Crippen molar-refractivity contribution in [2.24, 2.45) is 0 Å². The zero-order valence-corrected chi connectivity index (χ0v) is 13.0. The van der Waals surface area contributed by atoms with Crippen LogP contribution in [0.2, 0.25) is 0 Å². The van der Waals surface area contributed by atoms with Crippen LogP contribution in [0.25, 0.3) is 0 Å². The molecule has 120 valence electrons. The molecular formula is C18H20N2O3. The molecule has 2 N–H and O–H groups in total. The van der Waals surface area contributed by atoms with Crippen molar-refractivity contribution in [2.45, 2.75) is 6.92 Å². The Morgan fingerprint density at radius 1 is 0.826 bits per heavy atom. The molecule has 2 amide bonds. The number of hydrogen-bond donors (Lipinski definition) is 2. The molecule has 0 aromatic heterocycles. The molecule has 23 heavy (non-hydrogen) atoms. The topological polar surface area (TPSA) is 67.4 Å². The van der Waals surface area contributed by atoms with Crippen molar-refractivity contribution in [1.29, 1.82) is 0 Å². The highest BCUT2D eigenvalue weighted by Crippen LogP contribution is 2.11. The van der Waals surface area contributed by atoms with E-state index in [-0.39, 0.29) is 11.8 Å². The van der Waals surface area contributed by atoms with Crippen LogP contribution in [0.15, 0.2) is 54.6 Å². The molecule has 0 bridgehead atoms. The summed E-state index contributed by atoms with van der Waals surface area (Å²) in [6, 6.07) is 15.9. The lowest BCUT2D eigenvalue weighted by Crippen LogP contribution is -2.34. The number of amides is 2. The van der Waals surface area contributed by atoms with Crippen molar-refractivity contribution < 1.29 is 14.3 Å². The van der Waals surface area contributed by atoms with E-state index in [1.165, 1.54) is 0 Å². The Balaban J connectivity index is 1.73. The van der Waals surface area contributed by atoms with E-state index in [0.29, 0.717) is 30.8 Å². The number of benzene rings is 2. The molecule has 0 atom stereocenters. The molecule has 0 radical (unpaired) electrons. The maximum atomic E-state index is 12.0. The van der Waals surface area contributed by atoms with Gasteiger partial charge in [0, 0.05) is 24.2 Å². The maximum Gasteiger partial charge on any atom is 0.251 e. The number of carbonyl (C=O) groups excluding carboxylic acids is 2. The lowest BCUT2D eigenvalue weighted by molar-refractivity contribution is 0.0927. The SMILES string of the molecule is CCOc1ccc(C(=O)NCCNC(=O)c2ccccc2)cc1. The van der Waals surface area contributed by atoms with E-state index >= 15 is 0 Å². The Morgan fingerprint density at radius 3 is 1.87 bits per heavy atom. The summed E-state index contributed by atoms with van der Waals surface area (Å²) >= 11 is 0. The van der Waals surface area contributed by atoms with Gasteiger partial charge in [0.15, 0.2) is 0 Å². The van der Waals surface area contributed by atoms with Crippen LogP contribution in [0.1, 0.15) is 27.6 Å². The molecule has 2 rings (SSSR count). The van der Waals surface area contributed by atoms with Crippen LogP contribution in [0.4, 0.5) is 0 Å². The van der Waals surface area contributed by atoms with Gasteiger partial charge in [-0.3, -0.25) is 9.59 Å². The highest BCUT2D eigenvalue weighted by molar-refractivity contribution is 5.95. The zero-order chi connectivity index (χ0) is 16.5.